The molecule has 0 fully saturated rings. The Bertz CT molecular complexity index is 606. The molecule has 0 saturated heterocycles. The van der Waals surface area contributed by atoms with Crippen molar-refractivity contribution in [2.75, 3.05) is 19.6 Å². The third-order valence-electron chi connectivity index (χ3n) is 5.16. The van der Waals surface area contributed by atoms with Crippen LogP contribution in [0.5, 0.6) is 0 Å². The van der Waals surface area contributed by atoms with E-state index in [1.54, 1.807) is 0 Å². The van der Waals surface area contributed by atoms with Crippen LogP contribution in [0, 0.1) is 5.92 Å². The van der Waals surface area contributed by atoms with Crippen molar-refractivity contribution in [1.82, 2.24) is 5.32 Å². The molecule has 0 aromatic heterocycles. The van der Waals surface area contributed by atoms with E-state index >= 15 is 0 Å². The first-order valence-electron chi connectivity index (χ1n) is 9.88. The Labute approximate surface area is 153 Å². The van der Waals surface area contributed by atoms with Gasteiger partial charge < -0.3 is 16.8 Å². The number of rotatable bonds is 12. The molecule has 0 amide bonds. The predicted octanol–water partition coefficient (Wildman–Crippen LogP) is 3.84. The molecule has 0 radical (unpaired) electrons. The minimum atomic E-state index is 0.353. The predicted molar refractivity (Wildman–Crippen MR) is 110 cm³/mol. The van der Waals surface area contributed by atoms with Gasteiger partial charge >= 0.3 is 0 Å². The minimum Gasteiger partial charge on any atom is -0.330 e. The SMILES string of the molecule is CCCC[C@H](CCc1cccc2ccccc12)CN[C@H](CN)CCN. The quantitative estimate of drug-likeness (QED) is 0.549. The fourth-order valence-electron chi connectivity index (χ4n) is 3.55. The van der Waals surface area contributed by atoms with Gasteiger partial charge in [-0.2, -0.15) is 0 Å². The van der Waals surface area contributed by atoms with Crippen molar-refractivity contribution in [3.05, 3.63) is 48.0 Å². The van der Waals surface area contributed by atoms with Crippen LogP contribution in [0.1, 0.15) is 44.6 Å². The highest BCUT2D eigenvalue weighted by Gasteiger charge is 2.12. The van der Waals surface area contributed by atoms with Crippen LogP contribution in [0.15, 0.2) is 42.5 Å². The lowest BCUT2D eigenvalue weighted by molar-refractivity contribution is 0.372. The summed E-state index contributed by atoms with van der Waals surface area (Å²) >= 11 is 0. The molecule has 5 N–H and O–H groups in total. The van der Waals surface area contributed by atoms with Crippen LogP contribution < -0.4 is 16.8 Å². The number of nitrogens with two attached hydrogens (primary N) is 2. The summed E-state index contributed by atoms with van der Waals surface area (Å²) in [5.74, 6) is 0.700. The van der Waals surface area contributed by atoms with E-state index in [9.17, 15) is 0 Å². The van der Waals surface area contributed by atoms with Crippen molar-refractivity contribution in [2.45, 2.75) is 51.5 Å². The zero-order valence-corrected chi connectivity index (χ0v) is 15.7. The minimum absolute atomic E-state index is 0.353. The molecule has 2 aromatic rings. The monoisotopic (exact) mass is 341 g/mol. The summed E-state index contributed by atoms with van der Waals surface area (Å²) in [5.41, 5.74) is 13.0. The van der Waals surface area contributed by atoms with Gasteiger partial charge in [0.05, 0.1) is 0 Å². The second-order valence-electron chi connectivity index (χ2n) is 7.10. The third-order valence-corrected chi connectivity index (χ3v) is 5.16. The van der Waals surface area contributed by atoms with E-state index in [0.29, 0.717) is 25.0 Å². The number of hydrogen-bond donors (Lipinski definition) is 3. The molecule has 2 atom stereocenters. The van der Waals surface area contributed by atoms with E-state index in [0.717, 1.165) is 19.4 Å². The Morgan fingerprint density at radius 2 is 1.76 bits per heavy atom. The van der Waals surface area contributed by atoms with E-state index in [-0.39, 0.29) is 0 Å². The smallest absolute Gasteiger partial charge is 0.0202 e. The molecule has 0 aliphatic rings. The van der Waals surface area contributed by atoms with E-state index in [2.05, 4.69) is 54.7 Å². The molecule has 0 aliphatic heterocycles. The van der Waals surface area contributed by atoms with Gasteiger partial charge in [0.1, 0.15) is 0 Å². The molecule has 3 heteroatoms. The number of hydrogen-bond acceptors (Lipinski definition) is 3. The maximum absolute atomic E-state index is 5.85. The zero-order chi connectivity index (χ0) is 17.9. The van der Waals surface area contributed by atoms with Gasteiger partial charge in [-0.1, -0.05) is 62.2 Å². The van der Waals surface area contributed by atoms with Crippen LogP contribution in [0.25, 0.3) is 10.8 Å². The first-order valence-corrected chi connectivity index (χ1v) is 9.88. The van der Waals surface area contributed by atoms with Gasteiger partial charge in [0, 0.05) is 12.6 Å². The summed E-state index contributed by atoms with van der Waals surface area (Å²) in [6.07, 6.45) is 7.16. The van der Waals surface area contributed by atoms with E-state index in [1.807, 2.05) is 0 Å². The van der Waals surface area contributed by atoms with Gasteiger partial charge in [-0.3, -0.25) is 0 Å². The summed E-state index contributed by atoms with van der Waals surface area (Å²) in [6.45, 7) is 4.68. The standard InChI is InChI=1S/C22H35N3/c1-2-3-7-18(17-25-21(16-24)14-15-23)12-13-20-10-6-9-19-8-4-5-11-22(19)20/h4-6,8-11,18,21,25H,2-3,7,12-17,23-24H2,1H3/t18-,21+/m1/s1. The average molecular weight is 342 g/mol. The molecule has 0 saturated carbocycles. The Hall–Kier alpha value is -1.42. The van der Waals surface area contributed by atoms with Crippen LogP contribution in [-0.4, -0.2) is 25.7 Å². The van der Waals surface area contributed by atoms with Gasteiger partial charge in [-0.25, -0.2) is 0 Å². The number of aryl methyl sites for hydroxylation is 1. The van der Waals surface area contributed by atoms with Crippen LogP contribution in [-0.2, 0) is 6.42 Å². The summed E-state index contributed by atoms with van der Waals surface area (Å²) < 4.78 is 0. The fraction of sp³-hybridized carbons (Fsp3) is 0.545. The normalized spacial score (nSPS) is 13.9. The first kappa shape index (κ1) is 19.9. The van der Waals surface area contributed by atoms with Crippen molar-refractivity contribution in [3.63, 3.8) is 0 Å². The third kappa shape index (κ3) is 6.43. The summed E-state index contributed by atoms with van der Waals surface area (Å²) in [6, 6.07) is 15.7. The van der Waals surface area contributed by atoms with Crippen LogP contribution in [0.2, 0.25) is 0 Å². The van der Waals surface area contributed by atoms with Crippen molar-refractivity contribution in [2.24, 2.45) is 17.4 Å². The second-order valence-corrected chi connectivity index (χ2v) is 7.10. The number of unbranched alkanes of at least 4 members (excludes halogenated alkanes) is 1. The molecule has 2 aromatic carbocycles. The number of fused-ring (bicyclic) bond motifs is 1. The van der Waals surface area contributed by atoms with Gasteiger partial charge in [0.25, 0.3) is 0 Å². The Balaban J connectivity index is 1.96. The molecule has 0 bridgehead atoms. The van der Waals surface area contributed by atoms with Crippen molar-refractivity contribution in [1.29, 1.82) is 0 Å². The maximum atomic E-state index is 5.85. The number of nitrogens with one attached hydrogen (secondary N) is 1. The molecule has 0 spiro atoms. The lowest BCUT2D eigenvalue weighted by Crippen LogP contribution is -2.40. The van der Waals surface area contributed by atoms with E-state index < -0.39 is 0 Å². The summed E-state index contributed by atoms with van der Waals surface area (Å²) in [7, 11) is 0. The van der Waals surface area contributed by atoms with E-state index in [1.165, 1.54) is 42.0 Å². The van der Waals surface area contributed by atoms with Gasteiger partial charge in [-0.15, -0.1) is 0 Å². The number of benzene rings is 2. The molecule has 3 nitrogen and oxygen atoms in total. The zero-order valence-electron chi connectivity index (χ0n) is 15.7. The molecule has 0 aliphatic carbocycles. The lowest BCUT2D eigenvalue weighted by atomic mass is 9.92. The van der Waals surface area contributed by atoms with Crippen LogP contribution >= 0.6 is 0 Å². The van der Waals surface area contributed by atoms with Crippen LogP contribution in [0.3, 0.4) is 0 Å². The topological polar surface area (TPSA) is 64.1 Å². The van der Waals surface area contributed by atoms with Crippen LogP contribution in [0.4, 0.5) is 0 Å². The largest absolute Gasteiger partial charge is 0.330 e. The van der Waals surface area contributed by atoms with E-state index in [4.69, 9.17) is 11.5 Å². The molecular weight excluding hydrogens is 306 g/mol. The van der Waals surface area contributed by atoms with Gasteiger partial charge in [0.15, 0.2) is 0 Å². The second kappa shape index (κ2) is 11.2. The van der Waals surface area contributed by atoms with Gasteiger partial charge in [-0.05, 0) is 61.0 Å². The molecule has 25 heavy (non-hydrogen) atoms. The molecule has 138 valence electrons. The van der Waals surface area contributed by atoms with Crippen molar-refractivity contribution < 1.29 is 0 Å². The average Bonchev–Trinajstić information content (AvgIpc) is 2.66. The Kier molecular flexibility index (Phi) is 8.95. The Morgan fingerprint density at radius 3 is 2.52 bits per heavy atom. The summed E-state index contributed by atoms with van der Waals surface area (Å²) in [4.78, 5) is 0. The summed E-state index contributed by atoms with van der Waals surface area (Å²) in [5, 5.41) is 6.39. The Morgan fingerprint density at radius 1 is 0.960 bits per heavy atom. The maximum Gasteiger partial charge on any atom is 0.0202 e. The molecular formula is C22H35N3. The highest BCUT2D eigenvalue weighted by atomic mass is 14.9. The van der Waals surface area contributed by atoms with Crippen molar-refractivity contribution >= 4 is 10.8 Å². The molecule has 0 unspecified atom stereocenters. The lowest BCUT2D eigenvalue weighted by Gasteiger charge is -2.22. The highest BCUT2D eigenvalue weighted by molar-refractivity contribution is 5.85. The highest BCUT2D eigenvalue weighted by Crippen LogP contribution is 2.22. The van der Waals surface area contributed by atoms with Crippen molar-refractivity contribution in [3.8, 4) is 0 Å². The molecule has 2 rings (SSSR count). The first-order chi connectivity index (χ1) is 12.3. The molecule has 0 heterocycles. The fourth-order valence-corrected chi connectivity index (χ4v) is 3.55. The van der Waals surface area contributed by atoms with Gasteiger partial charge in [0.2, 0.25) is 0 Å².